The molecule has 0 aliphatic heterocycles. The summed E-state index contributed by atoms with van der Waals surface area (Å²) in [6, 6.07) is 12.6. The highest BCUT2D eigenvalue weighted by Crippen LogP contribution is 2.20. The first-order valence-corrected chi connectivity index (χ1v) is 8.56. The van der Waals surface area contributed by atoms with E-state index in [0.29, 0.717) is 5.95 Å². The van der Waals surface area contributed by atoms with Gasteiger partial charge in [0.1, 0.15) is 5.82 Å². The normalized spacial score (nSPS) is 12.0. The maximum Gasteiger partial charge on any atom is 0.225 e. The van der Waals surface area contributed by atoms with Crippen LogP contribution in [0.15, 0.2) is 36.4 Å². The van der Waals surface area contributed by atoms with Crippen molar-refractivity contribution in [1.82, 2.24) is 9.97 Å². The number of hydrogen-bond donors (Lipinski definition) is 1. The van der Waals surface area contributed by atoms with Gasteiger partial charge >= 0.3 is 0 Å². The Hall–Kier alpha value is -2.10. The predicted octanol–water partition coefficient (Wildman–Crippen LogP) is 4.58. The average Bonchev–Trinajstić information content (AvgIpc) is 2.55. The summed E-state index contributed by atoms with van der Waals surface area (Å²) in [5, 5.41) is 3.43. The zero-order valence-electron chi connectivity index (χ0n) is 14.7. The van der Waals surface area contributed by atoms with Crippen molar-refractivity contribution in [2.45, 2.75) is 46.6 Å². The van der Waals surface area contributed by atoms with E-state index < -0.39 is 0 Å². The third kappa shape index (κ3) is 4.95. The number of nitrogens with one attached hydrogen (secondary N) is 1. The molecular formula is C19H28N4. The molecule has 2 aromatic rings. The Bertz CT molecular complexity index is 592. The van der Waals surface area contributed by atoms with Crippen molar-refractivity contribution < 1.29 is 0 Å². The summed E-state index contributed by atoms with van der Waals surface area (Å²) in [6.45, 7) is 10.6. The SMILES string of the molecule is CCCN(CCC)c1cc(C)nc(NC(C)c2ccccc2)n1. The van der Waals surface area contributed by atoms with E-state index in [4.69, 9.17) is 4.98 Å². The summed E-state index contributed by atoms with van der Waals surface area (Å²) >= 11 is 0. The van der Waals surface area contributed by atoms with Crippen molar-refractivity contribution in [2.75, 3.05) is 23.3 Å². The van der Waals surface area contributed by atoms with Gasteiger partial charge in [0.2, 0.25) is 5.95 Å². The molecule has 0 radical (unpaired) electrons. The monoisotopic (exact) mass is 312 g/mol. The van der Waals surface area contributed by atoms with Crippen LogP contribution in [0.25, 0.3) is 0 Å². The molecule has 0 spiro atoms. The lowest BCUT2D eigenvalue weighted by molar-refractivity contribution is 0.730. The van der Waals surface area contributed by atoms with Gasteiger partial charge in [-0.25, -0.2) is 4.98 Å². The van der Waals surface area contributed by atoms with Crippen LogP contribution in [0.3, 0.4) is 0 Å². The van der Waals surface area contributed by atoms with Gasteiger partial charge in [0.25, 0.3) is 0 Å². The fourth-order valence-electron chi connectivity index (χ4n) is 2.68. The first-order chi connectivity index (χ1) is 11.1. The van der Waals surface area contributed by atoms with Gasteiger partial charge in [0.15, 0.2) is 0 Å². The van der Waals surface area contributed by atoms with Gasteiger partial charge in [-0.15, -0.1) is 0 Å². The number of anilines is 2. The molecule has 124 valence electrons. The molecule has 0 bridgehead atoms. The number of nitrogens with zero attached hydrogens (tertiary/aromatic N) is 3. The Labute approximate surface area is 140 Å². The minimum absolute atomic E-state index is 0.177. The van der Waals surface area contributed by atoms with Gasteiger partial charge in [0, 0.05) is 24.8 Å². The maximum atomic E-state index is 4.74. The summed E-state index contributed by atoms with van der Waals surface area (Å²) in [7, 11) is 0. The van der Waals surface area contributed by atoms with Crippen LogP contribution in [-0.4, -0.2) is 23.1 Å². The number of hydrogen-bond acceptors (Lipinski definition) is 4. The van der Waals surface area contributed by atoms with Crippen LogP contribution >= 0.6 is 0 Å². The van der Waals surface area contributed by atoms with E-state index in [1.165, 1.54) is 5.56 Å². The second kappa shape index (κ2) is 8.51. The van der Waals surface area contributed by atoms with E-state index in [0.717, 1.165) is 37.4 Å². The largest absolute Gasteiger partial charge is 0.356 e. The van der Waals surface area contributed by atoms with Gasteiger partial charge in [-0.05, 0) is 32.3 Å². The third-order valence-electron chi connectivity index (χ3n) is 3.80. The molecule has 1 heterocycles. The van der Waals surface area contributed by atoms with Crippen molar-refractivity contribution in [3.8, 4) is 0 Å². The van der Waals surface area contributed by atoms with Crippen molar-refractivity contribution in [3.63, 3.8) is 0 Å². The summed E-state index contributed by atoms with van der Waals surface area (Å²) in [6.07, 6.45) is 2.23. The standard InChI is InChI=1S/C19H28N4/c1-5-12-23(13-6-2)18-14-15(3)20-19(22-18)21-16(4)17-10-8-7-9-11-17/h7-11,14,16H,5-6,12-13H2,1-4H3,(H,20,21,22). The van der Waals surface area contributed by atoms with Crippen LogP contribution in [0.2, 0.25) is 0 Å². The first-order valence-electron chi connectivity index (χ1n) is 8.56. The summed E-state index contributed by atoms with van der Waals surface area (Å²) in [5.41, 5.74) is 2.23. The molecule has 0 aliphatic carbocycles. The molecule has 0 saturated heterocycles. The fourth-order valence-corrected chi connectivity index (χ4v) is 2.68. The van der Waals surface area contributed by atoms with E-state index in [9.17, 15) is 0 Å². The van der Waals surface area contributed by atoms with Crippen LogP contribution in [0.5, 0.6) is 0 Å². The van der Waals surface area contributed by atoms with Gasteiger partial charge in [-0.3, -0.25) is 0 Å². The molecule has 2 rings (SSSR count). The van der Waals surface area contributed by atoms with Crippen LogP contribution in [0.4, 0.5) is 11.8 Å². The quantitative estimate of drug-likeness (QED) is 0.774. The molecule has 1 unspecified atom stereocenters. The second-order valence-electron chi connectivity index (χ2n) is 5.95. The topological polar surface area (TPSA) is 41.1 Å². The van der Waals surface area contributed by atoms with Crippen LogP contribution in [-0.2, 0) is 0 Å². The number of aromatic nitrogens is 2. The Kier molecular flexibility index (Phi) is 6.39. The fraction of sp³-hybridized carbons (Fsp3) is 0.474. The highest BCUT2D eigenvalue weighted by Gasteiger charge is 2.11. The van der Waals surface area contributed by atoms with E-state index in [-0.39, 0.29) is 6.04 Å². The molecule has 0 aliphatic rings. The lowest BCUT2D eigenvalue weighted by Gasteiger charge is -2.24. The number of aryl methyl sites for hydroxylation is 1. The van der Waals surface area contributed by atoms with Crippen molar-refractivity contribution in [1.29, 1.82) is 0 Å². The van der Waals surface area contributed by atoms with E-state index in [2.05, 4.69) is 66.3 Å². The van der Waals surface area contributed by atoms with Gasteiger partial charge < -0.3 is 10.2 Å². The van der Waals surface area contributed by atoms with Crippen molar-refractivity contribution in [2.24, 2.45) is 0 Å². The minimum Gasteiger partial charge on any atom is -0.356 e. The Morgan fingerprint density at radius 2 is 1.70 bits per heavy atom. The molecule has 1 aromatic heterocycles. The molecule has 0 saturated carbocycles. The van der Waals surface area contributed by atoms with Crippen LogP contribution in [0.1, 0.15) is 50.9 Å². The summed E-state index contributed by atoms with van der Waals surface area (Å²) in [5.74, 6) is 1.72. The molecule has 23 heavy (non-hydrogen) atoms. The number of benzene rings is 1. The predicted molar refractivity (Wildman–Crippen MR) is 98.0 cm³/mol. The average molecular weight is 312 g/mol. The molecule has 1 aromatic carbocycles. The highest BCUT2D eigenvalue weighted by atomic mass is 15.2. The molecule has 4 heteroatoms. The lowest BCUT2D eigenvalue weighted by Crippen LogP contribution is -2.26. The third-order valence-corrected chi connectivity index (χ3v) is 3.80. The number of rotatable bonds is 8. The van der Waals surface area contributed by atoms with Crippen molar-refractivity contribution >= 4 is 11.8 Å². The second-order valence-corrected chi connectivity index (χ2v) is 5.95. The van der Waals surface area contributed by atoms with E-state index in [1.807, 2.05) is 13.0 Å². The Balaban J connectivity index is 2.19. The highest BCUT2D eigenvalue weighted by molar-refractivity contribution is 5.45. The van der Waals surface area contributed by atoms with Crippen molar-refractivity contribution in [3.05, 3.63) is 47.7 Å². The molecule has 1 atom stereocenters. The molecular weight excluding hydrogens is 284 g/mol. The summed E-state index contributed by atoms with van der Waals surface area (Å²) < 4.78 is 0. The first kappa shape index (κ1) is 17.3. The Morgan fingerprint density at radius 1 is 1.04 bits per heavy atom. The van der Waals surface area contributed by atoms with E-state index in [1.54, 1.807) is 0 Å². The molecule has 1 N–H and O–H groups in total. The van der Waals surface area contributed by atoms with Gasteiger partial charge in [-0.1, -0.05) is 44.2 Å². The van der Waals surface area contributed by atoms with Crippen LogP contribution < -0.4 is 10.2 Å². The van der Waals surface area contributed by atoms with Crippen LogP contribution in [0, 0.1) is 6.92 Å². The molecule has 4 nitrogen and oxygen atoms in total. The van der Waals surface area contributed by atoms with E-state index >= 15 is 0 Å². The Morgan fingerprint density at radius 3 is 2.30 bits per heavy atom. The lowest BCUT2D eigenvalue weighted by atomic mass is 10.1. The smallest absolute Gasteiger partial charge is 0.225 e. The minimum atomic E-state index is 0.177. The zero-order chi connectivity index (χ0) is 16.7. The van der Waals surface area contributed by atoms with Gasteiger partial charge in [-0.2, -0.15) is 4.98 Å². The molecule has 0 amide bonds. The summed E-state index contributed by atoms with van der Waals surface area (Å²) in [4.78, 5) is 11.6. The molecule has 0 fully saturated rings. The van der Waals surface area contributed by atoms with Gasteiger partial charge in [0.05, 0.1) is 6.04 Å². The maximum absolute atomic E-state index is 4.74. The zero-order valence-corrected chi connectivity index (χ0v) is 14.7.